The zero-order valence-electron chi connectivity index (χ0n) is 22.1. The summed E-state index contributed by atoms with van der Waals surface area (Å²) >= 11 is 0. The Balaban J connectivity index is 1.44. The SMILES string of the molecule is c1ccc2c(c1)N(c1ccncn1)C(C1N(c3ccncn3)c3ccccc3N1c1ccncn1)N2c1ccncn1. The number of hydrogen-bond donors (Lipinski definition) is 0. The van der Waals surface area contributed by atoms with Gasteiger partial charge in [-0.2, -0.15) is 0 Å². The van der Waals surface area contributed by atoms with Gasteiger partial charge in [0.05, 0.1) is 22.7 Å². The van der Waals surface area contributed by atoms with Crippen molar-refractivity contribution in [1.82, 2.24) is 39.9 Å². The van der Waals surface area contributed by atoms with Gasteiger partial charge in [-0.3, -0.25) is 19.6 Å². The molecule has 4 aromatic heterocycles. The van der Waals surface area contributed by atoms with Gasteiger partial charge in [-0.15, -0.1) is 0 Å². The number of rotatable bonds is 5. The van der Waals surface area contributed by atoms with Crippen LogP contribution in [0.4, 0.5) is 46.0 Å². The van der Waals surface area contributed by atoms with Crippen molar-refractivity contribution in [1.29, 1.82) is 0 Å². The molecule has 0 unspecified atom stereocenters. The van der Waals surface area contributed by atoms with E-state index in [2.05, 4.69) is 63.8 Å². The summed E-state index contributed by atoms with van der Waals surface area (Å²) in [6, 6.07) is 24.2. The van der Waals surface area contributed by atoms with Crippen molar-refractivity contribution in [3.63, 3.8) is 0 Å². The first-order valence-electron chi connectivity index (χ1n) is 13.3. The molecule has 8 rings (SSSR count). The number of benzene rings is 2. The summed E-state index contributed by atoms with van der Waals surface area (Å²) in [5.41, 5.74) is 3.89. The van der Waals surface area contributed by atoms with Gasteiger partial charge in [0, 0.05) is 24.8 Å². The van der Waals surface area contributed by atoms with E-state index >= 15 is 0 Å². The van der Waals surface area contributed by atoms with E-state index in [9.17, 15) is 0 Å². The molecule has 2 aliphatic heterocycles. The second-order valence-electron chi connectivity index (χ2n) is 9.55. The second kappa shape index (κ2) is 9.86. The highest BCUT2D eigenvalue weighted by atomic mass is 15.6. The summed E-state index contributed by atoms with van der Waals surface area (Å²) in [5, 5.41) is 0. The molecule has 0 bridgehead atoms. The molecule has 202 valence electrons. The third kappa shape index (κ3) is 3.69. The van der Waals surface area contributed by atoms with Gasteiger partial charge >= 0.3 is 0 Å². The van der Waals surface area contributed by atoms with E-state index in [1.165, 1.54) is 0 Å². The minimum atomic E-state index is -0.426. The molecule has 0 atom stereocenters. The van der Waals surface area contributed by atoms with Gasteiger partial charge in [-0.05, 0) is 48.5 Å². The number of nitrogens with zero attached hydrogens (tertiary/aromatic N) is 12. The number of anilines is 8. The highest BCUT2D eigenvalue weighted by Crippen LogP contribution is 2.54. The van der Waals surface area contributed by atoms with E-state index in [4.69, 9.17) is 19.9 Å². The fourth-order valence-electron chi connectivity index (χ4n) is 5.82. The third-order valence-electron chi connectivity index (χ3n) is 7.38. The van der Waals surface area contributed by atoms with Crippen LogP contribution in [-0.4, -0.2) is 52.2 Å². The minimum absolute atomic E-state index is 0.426. The Hall–Kier alpha value is -6.04. The molecule has 12 heteroatoms. The highest BCUT2D eigenvalue weighted by molar-refractivity contribution is 5.92. The van der Waals surface area contributed by atoms with Gasteiger partial charge in [0.2, 0.25) is 0 Å². The first-order valence-corrected chi connectivity index (χ1v) is 13.3. The van der Waals surface area contributed by atoms with Crippen molar-refractivity contribution in [2.24, 2.45) is 0 Å². The molecular formula is C30H22N12. The van der Waals surface area contributed by atoms with Crippen LogP contribution in [0, 0.1) is 0 Å². The maximum atomic E-state index is 4.72. The number of hydrogen-bond acceptors (Lipinski definition) is 12. The van der Waals surface area contributed by atoms with Crippen molar-refractivity contribution in [3.05, 3.63) is 123 Å². The maximum absolute atomic E-state index is 4.72. The number of para-hydroxylation sites is 4. The zero-order chi connectivity index (χ0) is 27.9. The molecule has 0 radical (unpaired) electrons. The lowest BCUT2D eigenvalue weighted by Crippen LogP contribution is -2.58. The van der Waals surface area contributed by atoms with Crippen molar-refractivity contribution in [2.45, 2.75) is 12.3 Å². The van der Waals surface area contributed by atoms with Crippen molar-refractivity contribution in [3.8, 4) is 0 Å². The summed E-state index contributed by atoms with van der Waals surface area (Å²) in [6.07, 6.45) is 12.4. The molecule has 2 aliphatic rings. The normalized spacial score (nSPS) is 14.8. The molecule has 0 saturated carbocycles. The molecule has 0 saturated heterocycles. The summed E-state index contributed by atoms with van der Waals surface area (Å²) in [5.74, 6) is 2.95. The van der Waals surface area contributed by atoms with E-state index in [1.54, 1.807) is 50.1 Å². The summed E-state index contributed by atoms with van der Waals surface area (Å²) < 4.78 is 0. The van der Waals surface area contributed by atoms with E-state index in [0.717, 1.165) is 46.0 Å². The van der Waals surface area contributed by atoms with Crippen molar-refractivity contribution < 1.29 is 0 Å². The van der Waals surface area contributed by atoms with E-state index < -0.39 is 12.3 Å². The van der Waals surface area contributed by atoms with Gasteiger partial charge in [-0.25, -0.2) is 39.9 Å². The lowest BCUT2D eigenvalue weighted by molar-refractivity contribution is 0.539. The first-order chi connectivity index (χ1) is 20.9. The molecule has 0 amide bonds. The smallest absolute Gasteiger partial charge is 0.154 e. The summed E-state index contributed by atoms with van der Waals surface area (Å²) in [4.78, 5) is 44.6. The Bertz CT molecular complexity index is 1560. The van der Waals surface area contributed by atoms with Crippen LogP contribution in [0.15, 0.2) is 123 Å². The maximum Gasteiger partial charge on any atom is 0.154 e. The average molecular weight is 551 g/mol. The lowest BCUT2D eigenvalue weighted by atomic mass is 10.2. The topological polar surface area (TPSA) is 116 Å². The molecule has 42 heavy (non-hydrogen) atoms. The number of aromatic nitrogens is 8. The highest BCUT2D eigenvalue weighted by Gasteiger charge is 2.52. The van der Waals surface area contributed by atoms with Gasteiger partial charge in [0.1, 0.15) is 48.6 Å². The van der Waals surface area contributed by atoms with E-state index in [1.807, 2.05) is 48.5 Å². The molecule has 0 aliphatic carbocycles. The molecule has 12 nitrogen and oxygen atoms in total. The number of fused-ring (bicyclic) bond motifs is 2. The van der Waals surface area contributed by atoms with Crippen LogP contribution in [0.1, 0.15) is 0 Å². The van der Waals surface area contributed by atoms with Crippen LogP contribution in [-0.2, 0) is 0 Å². The predicted molar refractivity (Wildman–Crippen MR) is 157 cm³/mol. The molecule has 0 spiro atoms. The van der Waals surface area contributed by atoms with E-state index in [0.29, 0.717) is 0 Å². The standard InChI is InChI=1S/C30H22N12/c1-2-6-22-21(5-1)39(25-9-13-31-17-35-25)29(40(22)26-10-14-32-18-36-26)30-41(27-11-15-33-19-37-27)23-7-3-4-8-24(23)42(30)28-12-16-34-20-38-28/h1-20,29-30H. The van der Waals surface area contributed by atoms with Crippen LogP contribution in [0.25, 0.3) is 0 Å². The Morgan fingerprint density at radius 3 is 0.833 bits per heavy atom. The fraction of sp³-hybridized carbons (Fsp3) is 0.0667. The average Bonchev–Trinajstić information content (AvgIpc) is 3.59. The van der Waals surface area contributed by atoms with Crippen molar-refractivity contribution in [2.75, 3.05) is 19.6 Å². The van der Waals surface area contributed by atoms with Crippen LogP contribution in [0.2, 0.25) is 0 Å². The second-order valence-corrected chi connectivity index (χ2v) is 9.55. The summed E-state index contributed by atoms with van der Waals surface area (Å²) in [7, 11) is 0. The Kier molecular flexibility index (Phi) is 5.59. The van der Waals surface area contributed by atoms with Crippen LogP contribution in [0.3, 0.4) is 0 Å². The fourth-order valence-corrected chi connectivity index (χ4v) is 5.82. The Morgan fingerprint density at radius 2 is 0.619 bits per heavy atom. The van der Waals surface area contributed by atoms with Crippen LogP contribution < -0.4 is 19.6 Å². The first kappa shape index (κ1) is 23.8. The molecule has 6 heterocycles. The largest absolute Gasteiger partial charge is 0.299 e. The third-order valence-corrected chi connectivity index (χ3v) is 7.38. The molecule has 6 aromatic rings. The van der Waals surface area contributed by atoms with E-state index in [-0.39, 0.29) is 0 Å². The van der Waals surface area contributed by atoms with Gasteiger partial charge in [0.25, 0.3) is 0 Å². The van der Waals surface area contributed by atoms with Crippen LogP contribution in [0.5, 0.6) is 0 Å². The van der Waals surface area contributed by atoms with Gasteiger partial charge in [0.15, 0.2) is 12.3 Å². The minimum Gasteiger partial charge on any atom is -0.299 e. The van der Waals surface area contributed by atoms with Gasteiger partial charge < -0.3 is 0 Å². The van der Waals surface area contributed by atoms with Crippen LogP contribution >= 0.6 is 0 Å². The zero-order valence-corrected chi connectivity index (χ0v) is 22.1. The molecular weight excluding hydrogens is 528 g/mol. The van der Waals surface area contributed by atoms with Gasteiger partial charge in [-0.1, -0.05) is 24.3 Å². The molecule has 2 aromatic carbocycles. The lowest BCUT2D eigenvalue weighted by Gasteiger charge is -2.43. The Labute approximate surface area is 240 Å². The summed E-state index contributed by atoms with van der Waals surface area (Å²) in [6.45, 7) is 0. The monoisotopic (exact) mass is 550 g/mol. The molecule has 0 N–H and O–H groups in total. The quantitative estimate of drug-likeness (QED) is 0.294. The molecule has 0 fully saturated rings. The Morgan fingerprint density at radius 1 is 0.357 bits per heavy atom. The van der Waals surface area contributed by atoms with Crippen molar-refractivity contribution >= 4 is 46.0 Å². The predicted octanol–water partition coefficient (Wildman–Crippen LogP) is 4.78.